The highest BCUT2D eigenvalue weighted by molar-refractivity contribution is 9.10. The third kappa shape index (κ3) is 2.26. The molecule has 3 N–H and O–H groups in total. The van der Waals surface area contributed by atoms with Crippen molar-refractivity contribution >= 4 is 21.9 Å². The summed E-state index contributed by atoms with van der Waals surface area (Å²) in [4.78, 5) is 14.7. The summed E-state index contributed by atoms with van der Waals surface area (Å²) in [6.07, 6.45) is 1.55. The number of rotatable bonds is 3. The largest absolute Gasteiger partial charge is 0.481 e. The summed E-state index contributed by atoms with van der Waals surface area (Å²) in [6, 6.07) is 3.47. The smallest absolute Gasteiger partial charge is 0.313 e. The van der Waals surface area contributed by atoms with Crippen LogP contribution >= 0.6 is 15.9 Å². The summed E-state index contributed by atoms with van der Waals surface area (Å²) in [5.41, 5.74) is 5.80. The quantitative estimate of drug-likeness (QED) is 0.831. The first kappa shape index (κ1) is 10.1. The SMILES string of the molecule is NCC(C(=O)O)c1ncccc1Br. The molecule has 0 saturated carbocycles. The van der Waals surface area contributed by atoms with Crippen molar-refractivity contribution in [3.8, 4) is 0 Å². The average Bonchev–Trinajstić information content (AvgIpc) is 2.09. The van der Waals surface area contributed by atoms with Gasteiger partial charge < -0.3 is 10.8 Å². The number of carbonyl (C=O) groups is 1. The summed E-state index contributed by atoms with van der Waals surface area (Å²) in [6.45, 7) is 0.0466. The first-order chi connectivity index (χ1) is 6.16. The lowest BCUT2D eigenvalue weighted by Crippen LogP contribution is -2.22. The lowest BCUT2D eigenvalue weighted by molar-refractivity contribution is -0.138. The summed E-state index contributed by atoms with van der Waals surface area (Å²) >= 11 is 3.22. The molecule has 0 spiro atoms. The third-order valence-corrected chi connectivity index (χ3v) is 2.32. The van der Waals surface area contributed by atoms with Crippen LogP contribution in [0.4, 0.5) is 0 Å². The van der Waals surface area contributed by atoms with Crippen LogP contribution in [0.2, 0.25) is 0 Å². The van der Waals surface area contributed by atoms with Crippen molar-refractivity contribution in [1.82, 2.24) is 4.98 Å². The molecule has 0 aromatic carbocycles. The van der Waals surface area contributed by atoms with E-state index in [9.17, 15) is 4.79 Å². The molecule has 1 unspecified atom stereocenters. The Balaban J connectivity index is 3.04. The molecule has 0 saturated heterocycles. The molecule has 0 aliphatic heterocycles. The summed E-state index contributed by atoms with van der Waals surface area (Å²) in [7, 11) is 0. The van der Waals surface area contributed by atoms with Crippen LogP contribution < -0.4 is 5.73 Å². The van der Waals surface area contributed by atoms with E-state index in [0.717, 1.165) is 0 Å². The zero-order chi connectivity index (χ0) is 9.84. The number of nitrogens with two attached hydrogens (primary N) is 1. The van der Waals surface area contributed by atoms with Crippen LogP contribution in [0.1, 0.15) is 11.6 Å². The van der Waals surface area contributed by atoms with Crippen molar-refractivity contribution < 1.29 is 9.90 Å². The molecule has 1 heterocycles. The minimum atomic E-state index is -0.957. The minimum absolute atomic E-state index is 0.0466. The number of aromatic nitrogens is 1. The number of carboxylic acids is 1. The fourth-order valence-corrected chi connectivity index (χ4v) is 1.52. The van der Waals surface area contributed by atoms with E-state index in [4.69, 9.17) is 10.8 Å². The van der Waals surface area contributed by atoms with Crippen molar-refractivity contribution in [1.29, 1.82) is 0 Å². The van der Waals surface area contributed by atoms with E-state index in [1.165, 1.54) is 0 Å². The van der Waals surface area contributed by atoms with Gasteiger partial charge in [-0.25, -0.2) is 0 Å². The van der Waals surface area contributed by atoms with Crippen LogP contribution in [0.25, 0.3) is 0 Å². The minimum Gasteiger partial charge on any atom is -0.481 e. The van der Waals surface area contributed by atoms with Gasteiger partial charge in [-0.05, 0) is 28.1 Å². The van der Waals surface area contributed by atoms with Crippen molar-refractivity contribution in [3.63, 3.8) is 0 Å². The number of nitrogens with zero attached hydrogens (tertiary/aromatic N) is 1. The van der Waals surface area contributed by atoms with Crippen LogP contribution in [0.5, 0.6) is 0 Å². The van der Waals surface area contributed by atoms with Crippen molar-refractivity contribution in [2.75, 3.05) is 6.54 Å². The Morgan fingerprint density at radius 2 is 2.46 bits per heavy atom. The van der Waals surface area contributed by atoms with Crippen molar-refractivity contribution in [2.24, 2.45) is 5.73 Å². The van der Waals surface area contributed by atoms with Crippen LogP contribution in [0, 0.1) is 0 Å². The van der Waals surface area contributed by atoms with Gasteiger partial charge in [0.05, 0.1) is 5.69 Å². The molecular formula is C8H9BrN2O2. The standard InChI is InChI=1S/C8H9BrN2O2/c9-6-2-1-3-11-7(6)5(4-10)8(12)13/h1-3,5H,4,10H2,(H,12,13). The van der Waals surface area contributed by atoms with E-state index in [1.807, 2.05) is 0 Å². The maximum absolute atomic E-state index is 10.7. The van der Waals surface area contributed by atoms with Crippen LogP contribution in [-0.2, 0) is 4.79 Å². The van der Waals surface area contributed by atoms with Gasteiger partial charge in [0, 0.05) is 17.2 Å². The molecule has 0 fully saturated rings. The Bertz CT molecular complexity index is 317. The Hall–Kier alpha value is -0.940. The molecule has 0 amide bonds. The van der Waals surface area contributed by atoms with Crippen LogP contribution in [0.15, 0.2) is 22.8 Å². The van der Waals surface area contributed by atoms with Gasteiger partial charge in [0.25, 0.3) is 0 Å². The molecule has 1 aromatic rings. The number of hydrogen-bond acceptors (Lipinski definition) is 3. The molecule has 0 bridgehead atoms. The Morgan fingerprint density at radius 3 is 2.92 bits per heavy atom. The molecular weight excluding hydrogens is 236 g/mol. The van der Waals surface area contributed by atoms with Gasteiger partial charge in [-0.3, -0.25) is 9.78 Å². The molecule has 70 valence electrons. The molecule has 1 aromatic heterocycles. The van der Waals surface area contributed by atoms with Gasteiger partial charge in [0.15, 0.2) is 0 Å². The van der Waals surface area contributed by atoms with Gasteiger partial charge >= 0.3 is 5.97 Å². The molecule has 13 heavy (non-hydrogen) atoms. The Kier molecular flexibility index (Phi) is 3.39. The average molecular weight is 245 g/mol. The lowest BCUT2D eigenvalue weighted by atomic mass is 10.1. The first-order valence-electron chi connectivity index (χ1n) is 3.70. The summed E-state index contributed by atoms with van der Waals surface area (Å²) in [5, 5.41) is 8.81. The second-order valence-electron chi connectivity index (χ2n) is 2.50. The van der Waals surface area contributed by atoms with Gasteiger partial charge in [-0.1, -0.05) is 0 Å². The highest BCUT2D eigenvalue weighted by atomic mass is 79.9. The predicted molar refractivity (Wildman–Crippen MR) is 51.4 cm³/mol. The highest BCUT2D eigenvalue weighted by Gasteiger charge is 2.21. The maximum Gasteiger partial charge on any atom is 0.313 e. The van der Waals surface area contributed by atoms with Gasteiger partial charge in [0.2, 0.25) is 0 Å². The van der Waals surface area contributed by atoms with Gasteiger partial charge in [0.1, 0.15) is 5.92 Å². The molecule has 5 heteroatoms. The van der Waals surface area contributed by atoms with E-state index in [1.54, 1.807) is 18.3 Å². The van der Waals surface area contributed by atoms with Crippen LogP contribution in [0.3, 0.4) is 0 Å². The second-order valence-corrected chi connectivity index (χ2v) is 3.35. The molecule has 0 aliphatic rings. The van der Waals surface area contributed by atoms with E-state index < -0.39 is 11.9 Å². The summed E-state index contributed by atoms with van der Waals surface area (Å²) < 4.78 is 0.674. The number of pyridine rings is 1. The third-order valence-electron chi connectivity index (χ3n) is 1.65. The van der Waals surface area contributed by atoms with Gasteiger partial charge in [-0.15, -0.1) is 0 Å². The fourth-order valence-electron chi connectivity index (χ4n) is 0.984. The zero-order valence-electron chi connectivity index (χ0n) is 6.77. The Morgan fingerprint density at radius 1 is 1.77 bits per heavy atom. The number of halogens is 1. The van der Waals surface area contributed by atoms with E-state index in [0.29, 0.717) is 10.2 Å². The maximum atomic E-state index is 10.7. The van der Waals surface area contributed by atoms with Gasteiger partial charge in [-0.2, -0.15) is 0 Å². The molecule has 0 radical (unpaired) electrons. The van der Waals surface area contributed by atoms with E-state index in [-0.39, 0.29) is 6.54 Å². The molecule has 1 rings (SSSR count). The predicted octanol–water partition coefficient (Wildman–Crippen LogP) is 0.971. The number of aliphatic carboxylic acids is 1. The fraction of sp³-hybridized carbons (Fsp3) is 0.250. The van der Waals surface area contributed by atoms with E-state index >= 15 is 0 Å². The van der Waals surface area contributed by atoms with Crippen LogP contribution in [-0.4, -0.2) is 22.6 Å². The zero-order valence-corrected chi connectivity index (χ0v) is 8.36. The number of carboxylic acid groups (broad SMARTS) is 1. The molecule has 0 aliphatic carbocycles. The normalized spacial score (nSPS) is 12.5. The summed E-state index contributed by atoms with van der Waals surface area (Å²) in [5.74, 6) is -1.70. The molecule has 1 atom stereocenters. The molecule has 4 nitrogen and oxygen atoms in total. The first-order valence-corrected chi connectivity index (χ1v) is 4.49. The van der Waals surface area contributed by atoms with Crippen molar-refractivity contribution in [2.45, 2.75) is 5.92 Å². The highest BCUT2D eigenvalue weighted by Crippen LogP contribution is 2.21. The topological polar surface area (TPSA) is 76.2 Å². The van der Waals surface area contributed by atoms with E-state index in [2.05, 4.69) is 20.9 Å². The Labute approximate surface area is 83.9 Å². The lowest BCUT2D eigenvalue weighted by Gasteiger charge is -2.09. The number of hydrogen-bond donors (Lipinski definition) is 2. The second kappa shape index (κ2) is 4.34. The monoisotopic (exact) mass is 244 g/mol. The van der Waals surface area contributed by atoms with Crippen molar-refractivity contribution in [3.05, 3.63) is 28.5 Å².